The third-order valence-electron chi connectivity index (χ3n) is 2.46. The van der Waals surface area contributed by atoms with Crippen molar-refractivity contribution in [1.82, 2.24) is 5.32 Å². The van der Waals surface area contributed by atoms with Gasteiger partial charge in [0.2, 0.25) is 0 Å². The Bertz CT molecular complexity index is 365. The Hall–Kier alpha value is -0.680. The average Bonchev–Trinajstić information content (AvgIpc) is 2.33. The molecule has 0 bridgehead atoms. The van der Waals surface area contributed by atoms with Crippen LogP contribution < -0.4 is 5.32 Å². The Kier molecular flexibility index (Phi) is 6.02. The summed E-state index contributed by atoms with van der Waals surface area (Å²) in [6, 6.07) is 7.44. The van der Waals surface area contributed by atoms with Gasteiger partial charge < -0.3 is 5.32 Å². The fourth-order valence-corrected chi connectivity index (χ4v) is 2.24. The average molecular weight is 277 g/mol. The van der Waals surface area contributed by atoms with Crippen molar-refractivity contribution in [2.75, 3.05) is 12.3 Å². The lowest BCUT2D eigenvalue weighted by Gasteiger charge is -2.14. The Morgan fingerprint density at radius 1 is 1.33 bits per heavy atom. The Balaban J connectivity index is 2.61. The van der Waals surface area contributed by atoms with Gasteiger partial charge in [-0.1, -0.05) is 19.1 Å². The van der Waals surface area contributed by atoms with E-state index in [-0.39, 0.29) is 6.04 Å². The topological polar surface area (TPSA) is 12.0 Å². The summed E-state index contributed by atoms with van der Waals surface area (Å²) >= 11 is 0.830. The lowest BCUT2D eigenvalue weighted by molar-refractivity contribution is -0.105. The second-order valence-corrected chi connectivity index (χ2v) is 5.20. The quantitative estimate of drug-likeness (QED) is 0.773. The summed E-state index contributed by atoms with van der Waals surface area (Å²) in [5, 5.41) is 3.32. The molecule has 0 aromatic heterocycles. The third kappa shape index (κ3) is 5.78. The van der Waals surface area contributed by atoms with Crippen molar-refractivity contribution in [3.63, 3.8) is 0 Å². The molecule has 1 aromatic rings. The van der Waals surface area contributed by atoms with Gasteiger partial charge in [-0.25, -0.2) is 0 Å². The highest BCUT2D eigenvalue weighted by Crippen LogP contribution is 2.28. The standard InChI is InChI=1S/C13H18F3NS/c1-3-7-17-10(2)11-5-4-6-12(8-11)18-9-13(14,15)16/h4-6,8,10,17H,3,7,9H2,1-2H3. The van der Waals surface area contributed by atoms with Crippen molar-refractivity contribution in [3.05, 3.63) is 29.8 Å². The van der Waals surface area contributed by atoms with Gasteiger partial charge in [0.05, 0.1) is 5.75 Å². The minimum absolute atomic E-state index is 0.163. The molecule has 0 aliphatic rings. The van der Waals surface area contributed by atoms with Crippen molar-refractivity contribution in [3.8, 4) is 0 Å². The Morgan fingerprint density at radius 2 is 2.06 bits per heavy atom. The van der Waals surface area contributed by atoms with Crippen LogP contribution in [0.15, 0.2) is 29.2 Å². The first-order valence-electron chi connectivity index (χ1n) is 5.95. The molecule has 0 aliphatic heterocycles. The Labute approximate surface area is 110 Å². The highest BCUT2D eigenvalue weighted by molar-refractivity contribution is 7.99. The predicted octanol–water partition coefficient (Wildman–Crippen LogP) is 4.40. The van der Waals surface area contributed by atoms with Crippen LogP contribution in [-0.2, 0) is 0 Å². The van der Waals surface area contributed by atoms with Crippen LogP contribution in [-0.4, -0.2) is 18.5 Å². The van der Waals surface area contributed by atoms with E-state index in [1.54, 1.807) is 12.1 Å². The van der Waals surface area contributed by atoms with Crippen LogP contribution in [0.5, 0.6) is 0 Å². The minimum atomic E-state index is -4.12. The molecule has 0 saturated heterocycles. The summed E-state index contributed by atoms with van der Waals surface area (Å²) in [6.07, 6.45) is -3.08. The number of thioether (sulfide) groups is 1. The third-order valence-corrected chi connectivity index (χ3v) is 3.52. The van der Waals surface area contributed by atoms with E-state index in [9.17, 15) is 13.2 Å². The molecule has 0 spiro atoms. The largest absolute Gasteiger partial charge is 0.398 e. The van der Waals surface area contributed by atoms with Crippen molar-refractivity contribution in [1.29, 1.82) is 0 Å². The number of halogens is 3. The Morgan fingerprint density at radius 3 is 2.67 bits per heavy atom. The molecule has 1 N–H and O–H groups in total. The van der Waals surface area contributed by atoms with Crippen LogP contribution in [0.3, 0.4) is 0 Å². The lowest BCUT2D eigenvalue weighted by atomic mass is 10.1. The number of hydrogen-bond acceptors (Lipinski definition) is 2. The summed E-state index contributed by atoms with van der Waals surface area (Å²) in [7, 11) is 0. The molecule has 0 amide bonds. The van der Waals surface area contributed by atoms with E-state index in [2.05, 4.69) is 12.2 Å². The first kappa shape index (κ1) is 15.4. The SMILES string of the molecule is CCCNC(C)c1cccc(SCC(F)(F)F)c1. The van der Waals surface area contributed by atoms with Gasteiger partial charge in [0.1, 0.15) is 0 Å². The summed E-state index contributed by atoms with van der Waals surface area (Å²) in [5.74, 6) is -0.840. The predicted molar refractivity (Wildman–Crippen MR) is 69.9 cm³/mol. The van der Waals surface area contributed by atoms with Gasteiger partial charge in [0.25, 0.3) is 0 Å². The molecule has 102 valence electrons. The summed E-state index contributed by atoms with van der Waals surface area (Å²) < 4.78 is 36.4. The number of rotatable bonds is 6. The van der Waals surface area contributed by atoms with Gasteiger partial charge in [-0.05, 0) is 37.6 Å². The smallest absolute Gasteiger partial charge is 0.310 e. The molecule has 0 fully saturated rings. The highest BCUT2D eigenvalue weighted by Gasteiger charge is 2.27. The molecule has 1 unspecified atom stereocenters. The zero-order valence-corrected chi connectivity index (χ0v) is 11.4. The van der Waals surface area contributed by atoms with Crippen molar-refractivity contribution < 1.29 is 13.2 Å². The van der Waals surface area contributed by atoms with Gasteiger partial charge in [-0.3, -0.25) is 0 Å². The first-order valence-corrected chi connectivity index (χ1v) is 6.94. The van der Waals surface area contributed by atoms with E-state index in [1.807, 2.05) is 19.1 Å². The number of alkyl halides is 3. The summed E-state index contributed by atoms with van der Waals surface area (Å²) in [6.45, 7) is 5.00. The molecule has 1 nitrogen and oxygen atoms in total. The van der Waals surface area contributed by atoms with Crippen molar-refractivity contribution in [2.45, 2.75) is 37.4 Å². The lowest BCUT2D eigenvalue weighted by Crippen LogP contribution is -2.19. The van der Waals surface area contributed by atoms with Crippen molar-refractivity contribution in [2.24, 2.45) is 0 Å². The van der Waals surface area contributed by atoms with Gasteiger partial charge in [-0.2, -0.15) is 13.2 Å². The fourth-order valence-electron chi connectivity index (χ4n) is 1.52. The van der Waals surface area contributed by atoms with Gasteiger partial charge in [-0.15, -0.1) is 11.8 Å². The van der Waals surface area contributed by atoms with Crippen molar-refractivity contribution >= 4 is 11.8 Å². The van der Waals surface area contributed by atoms with Crippen LogP contribution in [0.4, 0.5) is 13.2 Å². The summed E-state index contributed by atoms with van der Waals surface area (Å²) in [5.41, 5.74) is 1.02. The fraction of sp³-hybridized carbons (Fsp3) is 0.538. The molecule has 0 heterocycles. The minimum Gasteiger partial charge on any atom is -0.310 e. The van der Waals surface area contributed by atoms with E-state index in [4.69, 9.17) is 0 Å². The van der Waals surface area contributed by atoms with Gasteiger partial charge in [0.15, 0.2) is 0 Å². The monoisotopic (exact) mass is 277 g/mol. The van der Waals surface area contributed by atoms with Crippen LogP contribution >= 0.6 is 11.8 Å². The number of hydrogen-bond donors (Lipinski definition) is 1. The maximum Gasteiger partial charge on any atom is 0.398 e. The maximum atomic E-state index is 12.1. The number of benzene rings is 1. The molecule has 0 saturated carbocycles. The van der Waals surface area contributed by atoms with E-state index in [1.165, 1.54) is 0 Å². The van der Waals surface area contributed by atoms with Gasteiger partial charge in [0, 0.05) is 10.9 Å². The molecule has 0 aliphatic carbocycles. The molecule has 5 heteroatoms. The second kappa shape index (κ2) is 7.04. The zero-order chi connectivity index (χ0) is 13.6. The second-order valence-electron chi connectivity index (χ2n) is 4.15. The molecule has 18 heavy (non-hydrogen) atoms. The van der Waals surface area contributed by atoms with E-state index in [0.717, 1.165) is 30.3 Å². The normalized spacial score (nSPS) is 13.6. The number of nitrogens with one attached hydrogen (secondary N) is 1. The summed E-state index contributed by atoms with van der Waals surface area (Å²) in [4.78, 5) is 0.662. The first-order chi connectivity index (χ1) is 8.42. The molecule has 1 atom stereocenters. The molecular formula is C13H18F3NS. The van der Waals surface area contributed by atoms with Crippen LogP contribution in [0.25, 0.3) is 0 Å². The van der Waals surface area contributed by atoms with Crippen LogP contribution in [0.1, 0.15) is 31.9 Å². The van der Waals surface area contributed by atoms with E-state index < -0.39 is 11.9 Å². The van der Waals surface area contributed by atoms with Gasteiger partial charge >= 0.3 is 6.18 Å². The maximum absolute atomic E-state index is 12.1. The molecule has 1 rings (SSSR count). The van der Waals surface area contributed by atoms with Crippen LogP contribution in [0, 0.1) is 0 Å². The van der Waals surface area contributed by atoms with Crippen LogP contribution in [0.2, 0.25) is 0 Å². The zero-order valence-electron chi connectivity index (χ0n) is 10.6. The molecule has 0 radical (unpaired) electrons. The van der Waals surface area contributed by atoms with E-state index in [0.29, 0.717) is 4.90 Å². The van der Waals surface area contributed by atoms with E-state index >= 15 is 0 Å². The molecular weight excluding hydrogens is 259 g/mol. The molecule has 1 aromatic carbocycles. The highest BCUT2D eigenvalue weighted by atomic mass is 32.2.